The molecule has 1 amide bonds. The number of carbonyl (C=O) groups excluding carboxylic acids is 1. The molecule has 0 radical (unpaired) electrons. The van der Waals surface area contributed by atoms with E-state index in [2.05, 4.69) is 20.7 Å². The minimum atomic E-state index is -0.328. The average Bonchev–Trinajstić information content (AvgIpc) is 3.34. The van der Waals surface area contributed by atoms with Gasteiger partial charge in [0.15, 0.2) is 22.5 Å². The van der Waals surface area contributed by atoms with Crippen LogP contribution in [0, 0.1) is 6.92 Å². The molecule has 0 aliphatic carbocycles. The van der Waals surface area contributed by atoms with Crippen molar-refractivity contribution < 1.29 is 19.4 Å². The van der Waals surface area contributed by atoms with E-state index in [9.17, 15) is 9.90 Å². The van der Waals surface area contributed by atoms with E-state index in [0.717, 1.165) is 22.6 Å². The Morgan fingerprint density at radius 2 is 1.86 bits per heavy atom. The lowest BCUT2D eigenvalue weighted by Crippen LogP contribution is -2.20. The first-order valence-electron chi connectivity index (χ1n) is 11.6. The predicted octanol–water partition coefficient (Wildman–Crippen LogP) is 4.60. The second-order valence-corrected chi connectivity index (χ2v) is 8.86. The van der Waals surface area contributed by atoms with Gasteiger partial charge in [0.25, 0.3) is 5.91 Å². The number of para-hydroxylation sites is 1. The highest BCUT2D eigenvalue weighted by Gasteiger charge is 2.17. The molecule has 0 unspecified atom stereocenters. The molecule has 9 nitrogen and oxygen atoms in total. The van der Waals surface area contributed by atoms with E-state index in [4.69, 9.17) is 9.47 Å². The Hall–Kier alpha value is -4.31. The molecule has 3 aromatic carbocycles. The lowest BCUT2D eigenvalue weighted by molar-refractivity contribution is -0.118. The highest BCUT2D eigenvalue weighted by atomic mass is 32.2. The zero-order valence-corrected chi connectivity index (χ0v) is 21.5. The van der Waals surface area contributed by atoms with Crippen LogP contribution in [0.4, 0.5) is 0 Å². The van der Waals surface area contributed by atoms with Crippen molar-refractivity contribution in [2.75, 3.05) is 19.5 Å². The SMILES string of the molecule is CCOc1cccc(C=NNC(=O)CSc2nnc(-c3ccc(OC)cc3)n2-c2ccc(C)cc2)c1O. The lowest BCUT2D eigenvalue weighted by Gasteiger charge is -2.11. The Morgan fingerprint density at radius 1 is 1.11 bits per heavy atom. The molecule has 4 aromatic rings. The first kappa shape index (κ1) is 25.8. The monoisotopic (exact) mass is 517 g/mol. The molecule has 0 aliphatic heterocycles. The van der Waals surface area contributed by atoms with Gasteiger partial charge in [-0.2, -0.15) is 5.10 Å². The smallest absolute Gasteiger partial charge is 0.250 e. The van der Waals surface area contributed by atoms with Crippen molar-refractivity contribution in [3.05, 3.63) is 77.9 Å². The van der Waals surface area contributed by atoms with Gasteiger partial charge in [-0.25, -0.2) is 5.43 Å². The van der Waals surface area contributed by atoms with Gasteiger partial charge in [-0.05, 0) is 62.4 Å². The van der Waals surface area contributed by atoms with Crippen molar-refractivity contribution in [2.24, 2.45) is 5.10 Å². The van der Waals surface area contributed by atoms with Gasteiger partial charge in [0.1, 0.15) is 5.75 Å². The average molecular weight is 518 g/mol. The number of nitrogens with zero attached hydrogens (tertiary/aromatic N) is 4. The number of phenolic OH excluding ortho intramolecular Hbond substituents is 1. The molecule has 2 N–H and O–H groups in total. The van der Waals surface area contributed by atoms with Gasteiger partial charge >= 0.3 is 0 Å². The van der Waals surface area contributed by atoms with Crippen molar-refractivity contribution in [1.82, 2.24) is 20.2 Å². The number of benzene rings is 3. The van der Waals surface area contributed by atoms with Crippen LogP contribution in [-0.4, -0.2) is 51.5 Å². The number of rotatable bonds is 10. The van der Waals surface area contributed by atoms with Gasteiger partial charge in [-0.3, -0.25) is 9.36 Å². The van der Waals surface area contributed by atoms with Gasteiger partial charge in [0, 0.05) is 16.8 Å². The summed E-state index contributed by atoms with van der Waals surface area (Å²) in [6.07, 6.45) is 1.37. The minimum Gasteiger partial charge on any atom is -0.504 e. The molecule has 10 heteroatoms. The summed E-state index contributed by atoms with van der Waals surface area (Å²) in [6, 6.07) is 20.6. The number of aromatic hydroxyl groups is 1. The van der Waals surface area contributed by atoms with E-state index in [1.807, 2.05) is 66.9 Å². The number of aryl methyl sites for hydroxylation is 1. The predicted molar refractivity (Wildman–Crippen MR) is 144 cm³/mol. The zero-order chi connectivity index (χ0) is 26.2. The number of ether oxygens (including phenoxy) is 2. The van der Waals surface area contributed by atoms with Gasteiger partial charge in [-0.15, -0.1) is 10.2 Å². The molecule has 190 valence electrons. The molecular weight excluding hydrogens is 490 g/mol. The van der Waals surface area contributed by atoms with Crippen LogP contribution in [0.25, 0.3) is 17.1 Å². The molecule has 0 saturated carbocycles. The second kappa shape index (κ2) is 12.1. The van der Waals surface area contributed by atoms with Crippen LogP contribution < -0.4 is 14.9 Å². The molecule has 37 heavy (non-hydrogen) atoms. The quantitative estimate of drug-likeness (QED) is 0.180. The second-order valence-electron chi connectivity index (χ2n) is 7.91. The fraction of sp³-hybridized carbons (Fsp3) is 0.185. The summed E-state index contributed by atoms with van der Waals surface area (Å²) >= 11 is 1.25. The van der Waals surface area contributed by atoms with E-state index in [0.29, 0.717) is 28.9 Å². The summed E-state index contributed by atoms with van der Waals surface area (Å²) in [6.45, 7) is 4.28. The van der Waals surface area contributed by atoms with E-state index in [1.165, 1.54) is 18.0 Å². The molecule has 4 rings (SSSR count). The third kappa shape index (κ3) is 6.28. The molecule has 0 fully saturated rings. The van der Waals surface area contributed by atoms with Gasteiger partial charge in [0.2, 0.25) is 0 Å². The van der Waals surface area contributed by atoms with Crippen LogP contribution >= 0.6 is 11.8 Å². The summed E-state index contributed by atoms with van der Waals surface area (Å²) < 4.78 is 12.5. The van der Waals surface area contributed by atoms with E-state index >= 15 is 0 Å². The first-order valence-corrected chi connectivity index (χ1v) is 12.5. The van der Waals surface area contributed by atoms with E-state index in [-0.39, 0.29) is 17.4 Å². The molecule has 0 bridgehead atoms. The first-order chi connectivity index (χ1) is 18.0. The van der Waals surface area contributed by atoms with Crippen molar-refractivity contribution >= 4 is 23.9 Å². The van der Waals surface area contributed by atoms with Gasteiger partial charge in [0.05, 0.1) is 25.7 Å². The number of phenols is 1. The number of thioether (sulfide) groups is 1. The summed E-state index contributed by atoms with van der Waals surface area (Å²) in [5.74, 6) is 1.46. The third-order valence-electron chi connectivity index (χ3n) is 5.33. The highest BCUT2D eigenvalue weighted by molar-refractivity contribution is 7.99. The molecule has 0 spiro atoms. The Bertz CT molecular complexity index is 1390. The molecule has 0 atom stereocenters. The number of carbonyl (C=O) groups is 1. The summed E-state index contributed by atoms with van der Waals surface area (Å²) in [4.78, 5) is 12.5. The number of amides is 1. The van der Waals surface area contributed by atoms with Crippen molar-refractivity contribution in [1.29, 1.82) is 0 Å². The summed E-state index contributed by atoms with van der Waals surface area (Å²) in [7, 11) is 1.62. The Morgan fingerprint density at radius 3 is 2.57 bits per heavy atom. The number of hydrogen-bond donors (Lipinski definition) is 2. The number of aromatic nitrogens is 3. The van der Waals surface area contributed by atoms with Crippen LogP contribution in [-0.2, 0) is 4.79 Å². The van der Waals surface area contributed by atoms with Gasteiger partial charge < -0.3 is 14.6 Å². The topological polar surface area (TPSA) is 111 Å². The van der Waals surface area contributed by atoms with Crippen molar-refractivity contribution in [3.8, 4) is 34.3 Å². The molecule has 0 aliphatic rings. The normalized spacial score (nSPS) is 11.0. The largest absolute Gasteiger partial charge is 0.504 e. The number of hydrogen-bond acceptors (Lipinski definition) is 8. The van der Waals surface area contributed by atoms with E-state index in [1.54, 1.807) is 25.3 Å². The lowest BCUT2D eigenvalue weighted by atomic mass is 10.2. The molecule has 1 heterocycles. The van der Waals surface area contributed by atoms with Crippen LogP contribution in [0.3, 0.4) is 0 Å². The fourth-order valence-electron chi connectivity index (χ4n) is 3.47. The minimum absolute atomic E-state index is 0.0333. The van der Waals surface area contributed by atoms with Crippen molar-refractivity contribution in [3.63, 3.8) is 0 Å². The maximum absolute atomic E-state index is 12.5. The summed E-state index contributed by atoms with van der Waals surface area (Å²) in [5.41, 5.74) is 5.79. The number of methoxy groups -OCH3 is 1. The Labute approximate surface area is 219 Å². The maximum atomic E-state index is 12.5. The van der Waals surface area contributed by atoms with Crippen LogP contribution in [0.5, 0.6) is 17.2 Å². The number of nitrogens with one attached hydrogen (secondary N) is 1. The Balaban J connectivity index is 1.49. The number of hydrazone groups is 1. The third-order valence-corrected chi connectivity index (χ3v) is 6.26. The summed E-state index contributed by atoms with van der Waals surface area (Å²) in [5, 5.41) is 23.5. The Kier molecular flexibility index (Phi) is 8.42. The molecule has 1 aromatic heterocycles. The van der Waals surface area contributed by atoms with Crippen LogP contribution in [0.15, 0.2) is 77.0 Å². The van der Waals surface area contributed by atoms with Crippen molar-refractivity contribution in [2.45, 2.75) is 19.0 Å². The molecular formula is C27H27N5O4S. The standard InChI is InChI=1S/C27H27N5O4S/c1-4-36-23-7-5-6-20(25(23)34)16-28-29-24(33)17-37-27-31-30-26(19-10-14-22(35-3)15-11-19)32(27)21-12-8-18(2)9-13-21/h5-16,34H,4,17H2,1-3H3,(H,29,33). The fourth-order valence-corrected chi connectivity index (χ4v) is 4.21. The highest BCUT2D eigenvalue weighted by Crippen LogP contribution is 2.30. The van der Waals surface area contributed by atoms with Gasteiger partial charge in [-0.1, -0.05) is 35.5 Å². The molecule has 0 saturated heterocycles. The zero-order valence-electron chi connectivity index (χ0n) is 20.7. The maximum Gasteiger partial charge on any atom is 0.250 e. The van der Waals surface area contributed by atoms with Crippen LogP contribution in [0.1, 0.15) is 18.1 Å². The van der Waals surface area contributed by atoms with E-state index < -0.39 is 0 Å². The van der Waals surface area contributed by atoms with Crippen LogP contribution in [0.2, 0.25) is 0 Å².